The maximum Gasteiger partial charge on any atom is 0.270 e. The number of hydrogen-bond acceptors (Lipinski definition) is 6. The van der Waals surface area contributed by atoms with Crippen molar-refractivity contribution in [1.29, 1.82) is 5.26 Å². The van der Waals surface area contributed by atoms with E-state index in [1.54, 1.807) is 0 Å². The molecule has 1 aromatic heterocycles. The molecule has 0 amide bonds. The molecule has 0 unspecified atom stereocenters. The Morgan fingerprint density at radius 2 is 2.27 bits per heavy atom. The lowest BCUT2D eigenvalue weighted by Gasteiger charge is -1.98. The van der Waals surface area contributed by atoms with E-state index < -0.39 is 4.92 Å². The first-order valence-corrected chi connectivity index (χ1v) is 7.48. The van der Waals surface area contributed by atoms with Crippen LogP contribution in [0.2, 0.25) is 0 Å². The van der Waals surface area contributed by atoms with Crippen LogP contribution in [0.5, 0.6) is 5.75 Å². The fourth-order valence-corrected chi connectivity index (χ4v) is 3.67. The van der Waals surface area contributed by atoms with Gasteiger partial charge in [0.2, 0.25) is 0 Å². The fourth-order valence-electron chi connectivity index (χ4n) is 2.48. The minimum absolute atomic E-state index is 0.0862. The van der Waals surface area contributed by atoms with Crippen molar-refractivity contribution in [2.45, 2.75) is 19.3 Å². The second-order valence-corrected chi connectivity index (χ2v) is 5.99. The molecule has 22 heavy (non-hydrogen) atoms. The zero-order valence-electron chi connectivity index (χ0n) is 11.4. The smallest absolute Gasteiger partial charge is 0.270 e. The molecule has 1 aromatic carbocycles. The lowest BCUT2D eigenvalue weighted by molar-refractivity contribution is -0.384. The average molecular weight is 313 g/mol. The van der Waals surface area contributed by atoms with Gasteiger partial charge in [-0.05, 0) is 30.9 Å². The van der Waals surface area contributed by atoms with Crippen molar-refractivity contribution in [2.24, 2.45) is 4.99 Å². The molecule has 7 heteroatoms. The minimum Gasteiger partial charge on any atom is -0.507 e. The summed E-state index contributed by atoms with van der Waals surface area (Å²) < 4.78 is 0. The average Bonchev–Trinajstić information content (AvgIpc) is 3.06. The van der Waals surface area contributed by atoms with Gasteiger partial charge in [0.15, 0.2) is 0 Å². The molecule has 1 aliphatic rings. The molecule has 1 heterocycles. The van der Waals surface area contributed by atoms with Crippen LogP contribution in [0.25, 0.3) is 0 Å². The van der Waals surface area contributed by atoms with Gasteiger partial charge in [0.25, 0.3) is 5.69 Å². The highest BCUT2D eigenvalue weighted by molar-refractivity contribution is 7.16. The first kappa shape index (κ1) is 14.2. The van der Waals surface area contributed by atoms with E-state index in [0.717, 1.165) is 24.8 Å². The summed E-state index contributed by atoms with van der Waals surface area (Å²) in [7, 11) is 0. The Balaban J connectivity index is 1.97. The summed E-state index contributed by atoms with van der Waals surface area (Å²) in [6.07, 6.45) is 4.29. The molecular weight excluding hydrogens is 302 g/mol. The van der Waals surface area contributed by atoms with Crippen molar-refractivity contribution in [2.75, 3.05) is 0 Å². The lowest BCUT2D eigenvalue weighted by Crippen LogP contribution is -1.90. The normalized spacial score (nSPS) is 13.2. The predicted octanol–water partition coefficient (Wildman–Crippen LogP) is 3.47. The number of fused-ring (bicyclic) bond motifs is 1. The molecule has 0 fully saturated rings. The number of non-ortho nitro benzene ring substituents is 1. The topological polar surface area (TPSA) is 99.5 Å². The Morgan fingerprint density at radius 1 is 1.45 bits per heavy atom. The lowest BCUT2D eigenvalue weighted by atomic mass is 10.1. The summed E-state index contributed by atoms with van der Waals surface area (Å²) in [6.45, 7) is 0. The number of benzene rings is 1. The van der Waals surface area contributed by atoms with Crippen molar-refractivity contribution >= 4 is 28.2 Å². The van der Waals surface area contributed by atoms with Crippen LogP contribution in [-0.2, 0) is 12.8 Å². The third kappa shape index (κ3) is 2.44. The number of hydrogen-bond donors (Lipinski definition) is 1. The molecule has 0 aliphatic heterocycles. The monoisotopic (exact) mass is 313 g/mol. The molecule has 3 rings (SSSR count). The van der Waals surface area contributed by atoms with Gasteiger partial charge in [-0.2, -0.15) is 5.26 Å². The Hall–Kier alpha value is -2.72. The number of thiophene rings is 1. The van der Waals surface area contributed by atoms with Gasteiger partial charge in [0, 0.05) is 28.8 Å². The van der Waals surface area contributed by atoms with E-state index in [0.29, 0.717) is 10.6 Å². The molecule has 6 nitrogen and oxygen atoms in total. The number of rotatable bonds is 3. The standard InChI is InChI=1S/C15H11N3O3S/c16-7-12-11-2-1-3-14(11)22-15(12)17-8-9-6-10(18(20)21)4-5-13(9)19/h4-6,8,19H,1-3H2/b17-8+. The van der Waals surface area contributed by atoms with Gasteiger partial charge in [-0.25, -0.2) is 4.99 Å². The number of aliphatic imine (C=N–C) groups is 1. The SMILES string of the molecule is N#Cc1c(/N=C/c2cc([N+](=O)[O-])ccc2O)sc2c1CCC2. The highest BCUT2D eigenvalue weighted by Crippen LogP contribution is 2.40. The Bertz CT molecular complexity index is 833. The molecule has 1 aliphatic carbocycles. The molecule has 0 spiro atoms. The van der Waals surface area contributed by atoms with Crippen molar-refractivity contribution in [3.05, 3.63) is 49.9 Å². The number of nitro groups is 1. The van der Waals surface area contributed by atoms with Gasteiger partial charge in [0.05, 0.1) is 10.5 Å². The van der Waals surface area contributed by atoms with E-state index in [1.807, 2.05) is 0 Å². The van der Waals surface area contributed by atoms with Crippen LogP contribution >= 0.6 is 11.3 Å². The van der Waals surface area contributed by atoms with Gasteiger partial charge in [-0.3, -0.25) is 10.1 Å². The van der Waals surface area contributed by atoms with Gasteiger partial charge >= 0.3 is 0 Å². The summed E-state index contributed by atoms with van der Waals surface area (Å²) in [5.41, 5.74) is 1.79. The first-order chi connectivity index (χ1) is 10.6. The molecule has 0 atom stereocenters. The summed E-state index contributed by atoms with van der Waals surface area (Å²) in [5, 5.41) is 30.4. The second-order valence-electron chi connectivity index (χ2n) is 4.91. The number of nitrogens with zero attached hydrogens (tertiary/aromatic N) is 3. The molecule has 0 saturated heterocycles. The van der Waals surface area contributed by atoms with Crippen molar-refractivity contribution < 1.29 is 10.0 Å². The van der Waals surface area contributed by atoms with Crippen LogP contribution in [0.1, 0.15) is 28.0 Å². The highest BCUT2D eigenvalue weighted by Gasteiger charge is 2.21. The Labute approximate surface area is 130 Å². The fraction of sp³-hybridized carbons (Fsp3) is 0.200. The molecular formula is C15H11N3O3S. The number of nitriles is 1. The van der Waals surface area contributed by atoms with E-state index in [1.165, 1.54) is 40.6 Å². The zero-order valence-corrected chi connectivity index (χ0v) is 12.3. The Kier molecular flexibility index (Phi) is 3.61. The van der Waals surface area contributed by atoms with Crippen LogP contribution in [0.15, 0.2) is 23.2 Å². The van der Waals surface area contributed by atoms with Gasteiger partial charge in [-0.15, -0.1) is 11.3 Å². The number of nitro benzene ring substituents is 1. The molecule has 0 bridgehead atoms. The van der Waals surface area contributed by atoms with Crippen LogP contribution in [0.4, 0.5) is 10.7 Å². The van der Waals surface area contributed by atoms with E-state index in [4.69, 9.17) is 0 Å². The Morgan fingerprint density at radius 3 is 3.00 bits per heavy atom. The molecule has 0 saturated carbocycles. The third-order valence-corrected chi connectivity index (χ3v) is 4.76. The maximum atomic E-state index is 10.8. The minimum atomic E-state index is -0.531. The van der Waals surface area contributed by atoms with Crippen LogP contribution < -0.4 is 0 Å². The summed E-state index contributed by atoms with van der Waals surface area (Å²) >= 11 is 1.47. The maximum absolute atomic E-state index is 10.8. The largest absolute Gasteiger partial charge is 0.507 e. The summed E-state index contributed by atoms with van der Waals surface area (Å²) in [6, 6.07) is 5.93. The molecule has 1 N–H and O–H groups in total. The van der Waals surface area contributed by atoms with Gasteiger partial charge in [-0.1, -0.05) is 0 Å². The number of aryl methyl sites for hydroxylation is 1. The first-order valence-electron chi connectivity index (χ1n) is 6.66. The second kappa shape index (κ2) is 5.58. The summed E-state index contributed by atoms with van der Waals surface area (Å²) in [4.78, 5) is 15.7. The summed E-state index contributed by atoms with van der Waals surface area (Å²) in [5.74, 6) is -0.0862. The van der Waals surface area contributed by atoms with E-state index in [-0.39, 0.29) is 17.0 Å². The van der Waals surface area contributed by atoms with Crippen LogP contribution in [0.3, 0.4) is 0 Å². The van der Waals surface area contributed by atoms with Crippen molar-refractivity contribution in [1.82, 2.24) is 0 Å². The molecule has 0 radical (unpaired) electrons. The van der Waals surface area contributed by atoms with Crippen LogP contribution in [-0.4, -0.2) is 16.2 Å². The number of phenols is 1. The quantitative estimate of drug-likeness (QED) is 0.532. The van der Waals surface area contributed by atoms with Crippen molar-refractivity contribution in [3.8, 4) is 11.8 Å². The van der Waals surface area contributed by atoms with Gasteiger partial charge in [0.1, 0.15) is 16.8 Å². The van der Waals surface area contributed by atoms with E-state index in [2.05, 4.69) is 11.1 Å². The number of phenolic OH excluding ortho intramolecular Hbond substituents is 1. The van der Waals surface area contributed by atoms with Crippen molar-refractivity contribution in [3.63, 3.8) is 0 Å². The predicted molar refractivity (Wildman–Crippen MR) is 83.1 cm³/mol. The molecule has 2 aromatic rings. The number of aromatic hydroxyl groups is 1. The van der Waals surface area contributed by atoms with Crippen LogP contribution in [0, 0.1) is 21.4 Å². The molecule has 110 valence electrons. The highest BCUT2D eigenvalue weighted by atomic mass is 32.1. The van der Waals surface area contributed by atoms with E-state index >= 15 is 0 Å². The van der Waals surface area contributed by atoms with Gasteiger partial charge < -0.3 is 5.11 Å². The van der Waals surface area contributed by atoms with E-state index in [9.17, 15) is 20.5 Å². The zero-order chi connectivity index (χ0) is 15.7. The third-order valence-electron chi connectivity index (χ3n) is 3.56.